The van der Waals surface area contributed by atoms with Gasteiger partial charge in [0.1, 0.15) is 5.60 Å². The van der Waals surface area contributed by atoms with Gasteiger partial charge in [0.2, 0.25) is 0 Å². The number of nitrogens with one attached hydrogen (secondary N) is 1. The standard InChI is InChI=1S/C16H21NO4S/c1-3-16(11-5-4-6-12-16)21-15(18)17-22(19,20)14-9-7-13(2)8-10-14/h3,7-10H,1,4-6,11-12H2,2H3,(H,17,18). The molecule has 1 aliphatic rings. The van der Waals surface area contributed by atoms with E-state index in [1.807, 2.05) is 11.6 Å². The number of aryl methyl sites for hydroxylation is 1. The van der Waals surface area contributed by atoms with E-state index in [0.29, 0.717) is 12.8 Å². The van der Waals surface area contributed by atoms with Crippen LogP contribution in [0.3, 0.4) is 0 Å². The summed E-state index contributed by atoms with van der Waals surface area (Å²) >= 11 is 0. The maximum absolute atomic E-state index is 12.2. The van der Waals surface area contributed by atoms with Crippen LogP contribution in [-0.2, 0) is 14.8 Å². The van der Waals surface area contributed by atoms with Crippen LogP contribution in [0.4, 0.5) is 4.79 Å². The SMILES string of the molecule is C=CC1(OC(=O)NS(=O)(=O)c2ccc(C)cc2)CCCCC1. The molecule has 1 fully saturated rings. The van der Waals surface area contributed by atoms with Crippen LogP contribution in [0.5, 0.6) is 0 Å². The number of rotatable bonds is 4. The minimum Gasteiger partial charge on any atom is -0.438 e. The summed E-state index contributed by atoms with van der Waals surface area (Å²) in [7, 11) is -3.92. The Morgan fingerprint density at radius 2 is 1.82 bits per heavy atom. The number of carbonyl (C=O) groups excluding carboxylic acids is 1. The Kier molecular flexibility index (Phi) is 4.90. The Bertz CT molecular complexity index is 643. The molecule has 1 saturated carbocycles. The van der Waals surface area contributed by atoms with Crippen LogP contribution in [-0.4, -0.2) is 20.1 Å². The Labute approximate surface area is 131 Å². The van der Waals surface area contributed by atoms with Gasteiger partial charge in [-0.15, -0.1) is 0 Å². The molecule has 1 N–H and O–H groups in total. The van der Waals surface area contributed by atoms with Crippen LogP contribution in [0.1, 0.15) is 37.7 Å². The van der Waals surface area contributed by atoms with Gasteiger partial charge in [-0.2, -0.15) is 0 Å². The first-order chi connectivity index (χ1) is 10.4. The maximum atomic E-state index is 12.2. The van der Waals surface area contributed by atoms with Gasteiger partial charge in [-0.05, 0) is 50.8 Å². The fourth-order valence-electron chi connectivity index (χ4n) is 2.59. The predicted molar refractivity (Wildman–Crippen MR) is 84.0 cm³/mol. The summed E-state index contributed by atoms with van der Waals surface area (Å²) in [6.07, 6.45) is 4.95. The number of benzene rings is 1. The summed E-state index contributed by atoms with van der Waals surface area (Å²) in [6, 6.07) is 6.25. The second-order valence-corrected chi connectivity index (χ2v) is 7.32. The van der Waals surface area contributed by atoms with Crippen molar-refractivity contribution in [1.82, 2.24) is 4.72 Å². The van der Waals surface area contributed by atoms with Gasteiger partial charge in [-0.3, -0.25) is 0 Å². The molecule has 1 aromatic rings. The summed E-state index contributed by atoms with van der Waals surface area (Å²) in [6.45, 7) is 5.58. The highest BCUT2D eigenvalue weighted by Crippen LogP contribution is 2.32. The van der Waals surface area contributed by atoms with Crippen LogP contribution in [0.15, 0.2) is 41.8 Å². The smallest absolute Gasteiger partial charge is 0.422 e. The first-order valence-corrected chi connectivity index (χ1v) is 8.81. The molecule has 0 heterocycles. The summed E-state index contributed by atoms with van der Waals surface area (Å²) in [4.78, 5) is 12.0. The Balaban J connectivity index is 2.07. The molecular weight excluding hydrogens is 302 g/mol. The van der Waals surface area contributed by atoms with E-state index in [4.69, 9.17) is 4.74 Å². The lowest BCUT2D eigenvalue weighted by Gasteiger charge is -2.33. The molecule has 1 aliphatic carbocycles. The highest BCUT2D eigenvalue weighted by Gasteiger charge is 2.34. The molecular formula is C16H21NO4S. The highest BCUT2D eigenvalue weighted by atomic mass is 32.2. The lowest BCUT2D eigenvalue weighted by molar-refractivity contribution is 0.0238. The normalized spacial score (nSPS) is 17.5. The van der Waals surface area contributed by atoms with E-state index in [0.717, 1.165) is 24.8 Å². The summed E-state index contributed by atoms with van der Waals surface area (Å²) in [5.74, 6) is 0. The van der Waals surface area contributed by atoms with Gasteiger partial charge in [0.15, 0.2) is 0 Å². The first-order valence-electron chi connectivity index (χ1n) is 7.33. The Morgan fingerprint density at radius 3 is 2.36 bits per heavy atom. The third-order valence-electron chi connectivity index (χ3n) is 3.92. The second kappa shape index (κ2) is 6.52. The third-order valence-corrected chi connectivity index (χ3v) is 5.25. The number of hydrogen-bond acceptors (Lipinski definition) is 4. The maximum Gasteiger partial charge on any atom is 0.422 e. The van der Waals surface area contributed by atoms with Crippen LogP contribution < -0.4 is 4.72 Å². The van der Waals surface area contributed by atoms with E-state index >= 15 is 0 Å². The minimum atomic E-state index is -3.92. The van der Waals surface area contributed by atoms with Gasteiger partial charge in [-0.1, -0.05) is 30.7 Å². The van der Waals surface area contributed by atoms with Crippen molar-refractivity contribution in [2.45, 2.75) is 49.5 Å². The fraction of sp³-hybridized carbons (Fsp3) is 0.438. The predicted octanol–water partition coefficient (Wildman–Crippen LogP) is 3.30. The molecule has 0 aliphatic heterocycles. The van der Waals surface area contributed by atoms with Crippen molar-refractivity contribution in [1.29, 1.82) is 0 Å². The second-order valence-electron chi connectivity index (χ2n) is 5.64. The topological polar surface area (TPSA) is 72.5 Å². The van der Waals surface area contributed by atoms with E-state index < -0.39 is 21.7 Å². The molecule has 120 valence electrons. The van der Waals surface area contributed by atoms with Crippen molar-refractivity contribution in [3.63, 3.8) is 0 Å². The molecule has 6 heteroatoms. The first kappa shape index (κ1) is 16.5. The summed E-state index contributed by atoms with van der Waals surface area (Å²) < 4.78 is 31.6. The fourth-order valence-corrected chi connectivity index (χ4v) is 3.46. The van der Waals surface area contributed by atoms with Gasteiger partial charge in [0.25, 0.3) is 10.0 Å². The van der Waals surface area contributed by atoms with Crippen LogP contribution in [0.25, 0.3) is 0 Å². The monoisotopic (exact) mass is 323 g/mol. The van der Waals surface area contributed by atoms with E-state index in [9.17, 15) is 13.2 Å². The lowest BCUT2D eigenvalue weighted by Crippen LogP contribution is -2.41. The molecule has 0 aromatic heterocycles. The van der Waals surface area contributed by atoms with E-state index in [2.05, 4.69) is 6.58 Å². The Morgan fingerprint density at radius 1 is 1.23 bits per heavy atom. The van der Waals surface area contributed by atoms with Gasteiger partial charge in [0, 0.05) is 0 Å². The largest absolute Gasteiger partial charge is 0.438 e. The van der Waals surface area contributed by atoms with Crippen LogP contribution in [0.2, 0.25) is 0 Å². The van der Waals surface area contributed by atoms with Crippen LogP contribution >= 0.6 is 0 Å². The third kappa shape index (κ3) is 3.88. The number of ether oxygens (including phenoxy) is 1. The quantitative estimate of drug-likeness (QED) is 0.863. The molecule has 0 atom stereocenters. The van der Waals surface area contributed by atoms with Crippen molar-refractivity contribution in [3.8, 4) is 0 Å². The van der Waals surface area contributed by atoms with E-state index in [1.165, 1.54) is 12.1 Å². The average Bonchev–Trinajstić information content (AvgIpc) is 2.48. The van der Waals surface area contributed by atoms with Crippen LogP contribution in [0, 0.1) is 6.92 Å². The molecule has 0 bridgehead atoms. The van der Waals surface area contributed by atoms with Gasteiger partial charge in [0.05, 0.1) is 4.90 Å². The minimum absolute atomic E-state index is 0.0337. The average molecular weight is 323 g/mol. The molecule has 1 amide bonds. The van der Waals surface area contributed by atoms with E-state index in [-0.39, 0.29) is 4.90 Å². The van der Waals surface area contributed by atoms with Crippen molar-refractivity contribution >= 4 is 16.1 Å². The number of carbonyl (C=O) groups is 1. The molecule has 0 spiro atoms. The summed E-state index contributed by atoms with van der Waals surface area (Å²) in [5.41, 5.74) is 0.180. The Hall–Kier alpha value is -1.82. The highest BCUT2D eigenvalue weighted by molar-refractivity contribution is 7.90. The summed E-state index contributed by atoms with van der Waals surface area (Å²) in [5, 5.41) is 0. The molecule has 0 radical (unpaired) electrons. The zero-order valence-electron chi connectivity index (χ0n) is 12.7. The zero-order chi connectivity index (χ0) is 16.2. The van der Waals surface area contributed by atoms with Crippen molar-refractivity contribution in [3.05, 3.63) is 42.5 Å². The zero-order valence-corrected chi connectivity index (χ0v) is 13.5. The number of sulfonamides is 1. The molecule has 2 rings (SSSR count). The molecule has 0 unspecified atom stereocenters. The van der Waals surface area contributed by atoms with Gasteiger partial charge in [-0.25, -0.2) is 17.9 Å². The molecule has 0 saturated heterocycles. The molecule has 22 heavy (non-hydrogen) atoms. The van der Waals surface area contributed by atoms with E-state index in [1.54, 1.807) is 18.2 Å². The van der Waals surface area contributed by atoms with Gasteiger partial charge < -0.3 is 4.74 Å². The van der Waals surface area contributed by atoms with Crippen molar-refractivity contribution in [2.24, 2.45) is 0 Å². The molecule has 1 aromatic carbocycles. The van der Waals surface area contributed by atoms with Crippen molar-refractivity contribution in [2.75, 3.05) is 0 Å². The number of amides is 1. The van der Waals surface area contributed by atoms with Gasteiger partial charge >= 0.3 is 6.09 Å². The number of hydrogen-bond donors (Lipinski definition) is 1. The molecule has 5 nitrogen and oxygen atoms in total. The lowest BCUT2D eigenvalue weighted by atomic mass is 9.85. The van der Waals surface area contributed by atoms with Crippen molar-refractivity contribution < 1.29 is 17.9 Å².